The zero-order chi connectivity index (χ0) is 20.2. The number of ether oxygens (including phenoxy) is 3. The Morgan fingerprint density at radius 2 is 2.00 bits per heavy atom. The topological polar surface area (TPSA) is 65.1 Å². The van der Waals surface area contributed by atoms with Gasteiger partial charge in [-0.05, 0) is 12.8 Å². The molecule has 0 aromatic carbocycles. The molecule has 0 aromatic rings. The number of carbonyl (C=O) groups is 2. The van der Waals surface area contributed by atoms with E-state index >= 15 is 0 Å². The number of halogens is 1. The molecule has 7 heteroatoms. The van der Waals surface area contributed by atoms with Crippen LogP contribution in [0, 0.1) is 11.8 Å². The lowest BCUT2D eigenvalue weighted by Gasteiger charge is -2.39. The fraction of sp³-hybridized carbons (Fsp3) is 0.789. The Kier molecular flexibility index (Phi) is 13.0. The number of rotatable bonds is 15. The fourth-order valence-corrected chi connectivity index (χ4v) is 3.03. The van der Waals surface area contributed by atoms with Crippen molar-refractivity contribution in [3.8, 4) is 0 Å². The second-order valence-electron chi connectivity index (χ2n) is 6.39. The van der Waals surface area contributed by atoms with Crippen molar-refractivity contribution in [3.63, 3.8) is 0 Å². The highest BCUT2D eigenvalue weighted by atomic mass is 79.9. The summed E-state index contributed by atoms with van der Waals surface area (Å²) in [4.78, 5) is 25.2. The van der Waals surface area contributed by atoms with Gasteiger partial charge in [-0.15, -0.1) is 6.58 Å². The van der Waals surface area contributed by atoms with Gasteiger partial charge >= 0.3 is 0 Å². The standard InChI is InChI=1S/C19H34BrNO5/c1-7-10-17(24-5)26-13-19(8-2,25-6)16(4)15(3)18(23)21(14-22)12-9-11-20/h8,14-17H,2,7,9-13H2,1,3-6H3. The maximum Gasteiger partial charge on any atom is 0.232 e. The first-order valence-corrected chi connectivity index (χ1v) is 10.1. The van der Waals surface area contributed by atoms with Crippen molar-refractivity contribution < 1.29 is 23.8 Å². The highest BCUT2D eigenvalue weighted by Crippen LogP contribution is 2.31. The van der Waals surface area contributed by atoms with Crippen LogP contribution in [0.15, 0.2) is 12.7 Å². The van der Waals surface area contributed by atoms with Crippen LogP contribution < -0.4 is 0 Å². The number of alkyl halides is 1. The van der Waals surface area contributed by atoms with Gasteiger partial charge in [0, 0.05) is 37.9 Å². The molecule has 0 aliphatic heterocycles. The third kappa shape index (κ3) is 7.10. The van der Waals surface area contributed by atoms with Crippen LogP contribution >= 0.6 is 15.9 Å². The van der Waals surface area contributed by atoms with Gasteiger partial charge in [-0.3, -0.25) is 14.5 Å². The summed E-state index contributed by atoms with van der Waals surface area (Å²) in [5.41, 5.74) is -0.858. The lowest BCUT2D eigenvalue weighted by Crippen LogP contribution is -2.49. The number of hydrogen-bond donors (Lipinski definition) is 0. The summed E-state index contributed by atoms with van der Waals surface area (Å²) in [6.07, 6.45) is 4.33. The summed E-state index contributed by atoms with van der Waals surface area (Å²) in [6.45, 7) is 10.2. The molecule has 0 radical (unpaired) electrons. The van der Waals surface area contributed by atoms with E-state index in [1.807, 2.05) is 6.92 Å². The molecule has 0 aliphatic carbocycles. The zero-order valence-corrected chi connectivity index (χ0v) is 18.3. The molecule has 26 heavy (non-hydrogen) atoms. The molecular formula is C19H34BrNO5. The van der Waals surface area contributed by atoms with E-state index in [1.54, 1.807) is 27.2 Å². The quantitative estimate of drug-likeness (QED) is 0.170. The van der Waals surface area contributed by atoms with Gasteiger partial charge in [0.25, 0.3) is 0 Å². The molecule has 0 bridgehead atoms. The highest BCUT2D eigenvalue weighted by molar-refractivity contribution is 9.09. The molecular weight excluding hydrogens is 402 g/mol. The van der Waals surface area contributed by atoms with E-state index in [0.717, 1.165) is 18.2 Å². The summed E-state index contributed by atoms with van der Waals surface area (Å²) < 4.78 is 16.9. The summed E-state index contributed by atoms with van der Waals surface area (Å²) >= 11 is 3.31. The van der Waals surface area contributed by atoms with Crippen LogP contribution in [0.25, 0.3) is 0 Å². The predicted octanol–water partition coefficient (Wildman–Crippen LogP) is 3.39. The van der Waals surface area contributed by atoms with E-state index < -0.39 is 11.5 Å². The number of imide groups is 1. The first-order chi connectivity index (χ1) is 12.4. The Labute approximate surface area is 166 Å². The second kappa shape index (κ2) is 13.4. The lowest BCUT2D eigenvalue weighted by atomic mass is 9.79. The summed E-state index contributed by atoms with van der Waals surface area (Å²) in [5.74, 6) is -0.916. The van der Waals surface area contributed by atoms with E-state index in [-0.39, 0.29) is 24.7 Å². The van der Waals surface area contributed by atoms with Crippen molar-refractivity contribution in [1.82, 2.24) is 4.90 Å². The van der Waals surface area contributed by atoms with Crippen molar-refractivity contribution in [2.75, 3.05) is 32.7 Å². The zero-order valence-electron chi connectivity index (χ0n) is 16.7. The van der Waals surface area contributed by atoms with E-state index in [2.05, 4.69) is 29.4 Å². The van der Waals surface area contributed by atoms with Crippen LogP contribution in [0.1, 0.15) is 40.0 Å². The molecule has 2 amide bonds. The van der Waals surface area contributed by atoms with Gasteiger partial charge < -0.3 is 14.2 Å². The maximum absolute atomic E-state index is 12.7. The normalized spacial score (nSPS) is 17.0. The Balaban J connectivity index is 5.22. The predicted molar refractivity (Wildman–Crippen MR) is 106 cm³/mol. The number of hydrogen-bond acceptors (Lipinski definition) is 5. The van der Waals surface area contributed by atoms with E-state index in [4.69, 9.17) is 14.2 Å². The molecule has 4 atom stereocenters. The molecule has 0 aliphatic rings. The Hall–Kier alpha value is -0.760. The Morgan fingerprint density at radius 1 is 1.35 bits per heavy atom. The molecule has 0 heterocycles. The van der Waals surface area contributed by atoms with Crippen molar-refractivity contribution >= 4 is 28.2 Å². The third-order valence-electron chi connectivity index (χ3n) is 4.86. The van der Waals surface area contributed by atoms with Crippen molar-refractivity contribution in [1.29, 1.82) is 0 Å². The number of nitrogens with zero attached hydrogens (tertiary/aromatic N) is 1. The van der Waals surface area contributed by atoms with Crippen LogP contribution in [-0.2, 0) is 23.8 Å². The molecule has 4 unspecified atom stereocenters. The monoisotopic (exact) mass is 435 g/mol. The average molecular weight is 436 g/mol. The number of amides is 2. The minimum Gasteiger partial charge on any atom is -0.371 e. The number of methoxy groups -OCH3 is 2. The third-order valence-corrected chi connectivity index (χ3v) is 5.42. The molecule has 0 rings (SSSR count). The summed E-state index contributed by atoms with van der Waals surface area (Å²) in [5, 5.41) is 0.729. The van der Waals surface area contributed by atoms with Gasteiger partial charge in [-0.25, -0.2) is 0 Å². The van der Waals surface area contributed by atoms with Gasteiger partial charge in [-0.1, -0.05) is 49.2 Å². The van der Waals surface area contributed by atoms with E-state index in [0.29, 0.717) is 19.4 Å². The highest BCUT2D eigenvalue weighted by Gasteiger charge is 2.41. The fourth-order valence-electron chi connectivity index (χ4n) is 2.78. The minimum absolute atomic E-state index is 0.215. The first-order valence-electron chi connectivity index (χ1n) is 9.02. The molecule has 6 nitrogen and oxygen atoms in total. The SMILES string of the molecule is C=CC(COC(CCC)OC)(OC)C(C)C(C)C(=O)N(C=O)CCCBr. The minimum atomic E-state index is -0.858. The van der Waals surface area contributed by atoms with Crippen LogP contribution in [-0.4, -0.2) is 61.8 Å². The van der Waals surface area contributed by atoms with Crippen LogP contribution in [0.4, 0.5) is 0 Å². The second-order valence-corrected chi connectivity index (χ2v) is 7.18. The summed E-state index contributed by atoms with van der Waals surface area (Å²) in [7, 11) is 3.17. The van der Waals surface area contributed by atoms with Gasteiger partial charge in [0.05, 0.1) is 6.61 Å². The van der Waals surface area contributed by atoms with Crippen LogP contribution in [0.5, 0.6) is 0 Å². The van der Waals surface area contributed by atoms with Crippen LogP contribution in [0.3, 0.4) is 0 Å². The molecule has 0 aromatic heterocycles. The van der Waals surface area contributed by atoms with Gasteiger partial charge in [0.15, 0.2) is 6.29 Å². The molecule has 0 N–H and O–H groups in total. The smallest absolute Gasteiger partial charge is 0.232 e. The molecule has 0 spiro atoms. The van der Waals surface area contributed by atoms with Crippen molar-refractivity contribution in [2.24, 2.45) is 11.8 Å². The van der Waals surface area contributed by atoms with E-state index in [1.165, 1.54) is 4.90 Å². The average Bonchev–Trinajstić information content (AvgIpc) is 2.67. The molecule has 0 saturated heterocycles. The lowest BCUT2D eigenvalue weighted by molar-refractivity contribution is -0.178. The first kappa shape index (κ1) is 25.2. The van der Waals surface area contributed by atoms with Crippen molar-refractivity contribution in [2.45, 2.75) is 51.9 Å². The maximum atomic E-state index is 12.7. The van der Waals surface area contributed by atoms with Gasteiger partial charge in [0.2, 0.25) is 12.3 Å². The van der Waals surface area contributed by atoms with Crippen LogP contribution in [0.2, 0.25) is 0 Å². The molecule has 152 valence electrons. The summed E-state index contributed by atoms with van der Waals surface area (Å²) in [6, 6.07) is 0. The van der Waals surface area contributed by atoms with Gasteiger partial charge in [0.1, 0.15) is 5.60 Å². The van der Waals surface area contributed by atoms with Gasteiger partial charge in [-0.2, -0.15) is 0 Å². The molecule has 0 saturated carbocycles. The Bertz CT molecular complexity index is 434. The largest absolute Gasteiger partial charge is 0.371 e. The molecule has 0 fully saturated rings. The van der Waals surface area contributed by atoms with Crippen molar-refractivity contribution in [3.05, 3.63) is 12.7 Å². The Morgan fingerprint density at radius 3 is 2.42 bits per heavy atom. The number of carbonyl (C=O) groups excluding carboxylic acids is 2. The van der Waals surface area contributed by atoms with E-state index in [9.17, 15) is 9.59 Å².